The van der Waals surface area contributed by atoms with Crippen LogP contribution >= 0.6 is 0 Å². The van der Waals surface area contributed by atoms with Gasteiger partial charge in [0, 0.05) is 38.0 Å². The second-order valence-electron chi connectivity index (χ2n) is 5.29. The predicted octanol–water partition coefficient (Wildman–Crippen LogP) is 3.05. The van der Waals surface area contributed by atoms with E-state index < -0.39 is 0 Å². The standard InChI is InChI=1S/C16H28N2O/c1-6-18(14(4)12-19-5)16-9-7-15(8-10-16)11-17-13(2)3/h7-10,13-14,17H,6,11-12H2,1-5H3. The first kappa shape index (κ1) is 16.0. The quantitative estimate of drug-likeness (QED) is 0.781. The molecule has 0 saturated heterocycles. The summed E-state index contributed by atoms with van der Waals surface area (Å²) in [5.41, 5.74) is 2.59. The van der Waals surface area contributed by atoms with Crippen LogP contribution in [0.25, 0.3) is 0 Å². The summed E-state index contributed by atoms with van der Waals surface area (Å²) >= 11 is 0. The fraction of sp³-hybridized carbons (Fsp3) is 0.625. The summed E-state index contributed by atoms with van der Waals surface area (Å²) in [5.74, 6) is 0. The molecule has 0 aliphatic carbocycles. The summed E-state index contributed by atoms with van der Waals surface area (Å²) < 4.78 is 5.24. The van der Waals surface area contributed by atoms with Gasteiger partial charge in [0.25, 0.3) is 0 Å². The van der Waals surface area contributed by atoms with Crippen LogP contribution in [0.4, 0.5) is 5.69 Å². The van der Waals surface area contributed by atoms with Gasteiger partial charge in [-0.05, 0) is 31.5 Å². The molecule has 0 saturated carbocycles. The van der Waals surface area contributed by atoms with Crippen molar-refractivity contribution in [2.75, 3.05) is 25.2 Å². The molecule has 108 valence electrons. The normalized spacial score (nSPS) is 12.7. The Morgan fingerprint density at radius 3 is 2.26 bits per heavy atom. The van der Waals surface area contributed by atoms with Crippen LogP contribution in [0.15, 0.2) is 24.3 Å². The first-order valence-electron chi connectivity index (χ1n) is 7.16. The third-order valence-corrected chi connectivity index (χ3v) is 3.26. The van der Waals surface area contributed by atoms with Crippen molar-refractivity contribution in [3.63, 3.8) is 0 Å². The lowest BCUT2D eigenvalue weighted by Crippen LogP contribution is -2.36. The van der Waals surface area contributed by atoms with E-state index in [1.165, 1.54) is 11.3 Å². The molecular formula is C16H28N2O. The van der Waals surface area contributed by atoms with Crippen LogP contribution in [0.1, 0.15) is 33.3 Å². The zero-order chi connectivity index (χ0) is 14.3. The van der Waals surface area contributed by atoms with Gasteiger partial charge >= 0.3 is 0 Å². The first-order valence-corrected chi connectivity index (χ1v) is 7.16. The Balaban J connectivity index is 2.67. The van der Waals surface area contributed by atoms with Gasteiger partial charge in [-0.25, -0.2) is 0 Å². The summed E-state index contributed by atoms with van der Waals surface area (Å²) in [4.78, 5) is 2.36. The molecule has 0 radical (unpaired) electrons. The average molecular weight is 264 g/mol. The van der Waals surface area contributed by atoms with E-state index in [0.717, 1.165) is 19.7 Å². The molecule has 1 aromatic carbocycles. The molecule has 0 spiro atoms. The fourth-order valence-electron chi connectivity index (χ4n) is 2.21. The van der Waals surface area contributed by atoms with E-state index in [2.05, 4.69) is 62.2 Å². The summed E-state index contributed by atoms with van der Waals surface area (Å²) in [6, 6.07) is 9.72. The third kappa shape index (κ3) is 5.21. The molecular weight excluding hydrogens is 236 g/mol. The highest BCUT2D eigenvalue weighted by atomic mass is 16.5. The molecule has 19 heavy (non-hydrogen) atoms. The Bertz CT molecular complexity index is 348. The second kappa shape index (κ2) is 8.18. The van der Waals surface area contributed by atoms with E-state index in [1.54, 1.807) is 7.11 Å². The molecule has 1 atom stereocenters. The van der Waals surface area contributed by atoms with Crippen molar-refractivity contribution in [2.24, 2.45) is 0 Å². The molecule has 1 N–H and O–H groups in total. The molecule has 0 bridgehead atoms. The van der Waals surface area contributed by atoms with Crippen molar-refractivity contribution in [1.29, 1.82) is 0 Å². The van der Waals surface area contributed by atoms with E-state index in [-0.39, 0.29) is 0 Å². The topological polar surface area (TPSA) is 24.5 Å². The predicted molar refractivity (Wildman–Crippen MR) is 82.8 cm³/mol. The number of rotatable bonds is 8. The maximum atomic E-state index is 5.24. The van der Waals surface area contributed by atoms with Crippen molar-refractivity contribution < 1.29 is 4.74 Å². The maximum Gasteiger partial charge on any atom is 0.0663 e. The van der Waals surface area contributed by atoms with Crippen molar-refractivity contribution >= 4 is 5.69 Å². The minimum Gasteiger partial charge on any atom is -0.383 e. The van der Waals surface area contributed by atoms with Crippen molar-refractivity contribution in [2.45, 2.75) is 46.3 Å². The minimum absolute atomic E-state index is 0.398. The first-order chi connectivity index (χ1) is 9.08. The van der Waals surface area contributed by atoms with Crippen LogP contribution < -0.4 is 10.2 Å². The van der Waals surface area contributed by atoms with Crippen LogP contribution in [0, 0.1) is 0 Å². The molecule has 3 heteroatoms. The lowest BCUT2D eigenvalue weighted by atomic mass is 10.1. The number of anilines is 1. The number of nitrogens with one attached hydrogen (secondary N) is 1. The smallest absolute Gasteiger partial charge is 0.0663 e. The number of hydrogen-bond donors (Lipinski definition) is 1. The van der Waals surface area contributed by atoms with Gasteiger partial charge in [0.15, 0.2) is 0 Å². The van der Waals surface area contributed by atoms with Gasteiger partial charge in [0.1, 0.15) is 0 Å². The third-order valence-electron chi connectivity index (χ3n) is 3.26. The Morgan fingerprint density at radius 2 is 1.79 bits per heavy atom. The number of benzene rings is 1. The van der Waals surface area contributed by atoms with Gasteiger partial charge in [-0.1, -0.05) is 26.0 Å². The van der Waals surface area contributed by atoms with E-state index >= 15 is 0 Å². The van der Waals surface area contributed by atoms with Gasteiger partial charge in [-0.2, -0.15) is 0 Å². The molecule has 1 unspecified atom stereocenters. The van der Waals surface area contributed by atoms with Crippen LogP contribution in [0.3, 0.4) is 0 Å². The maximum absolute atomic E-state index is 5.24. The Morgan fingerprint density at radius 1 is 1.16 bits per heavy atom. The molecule has 0 aliphatic rings. The van der Waals surface area contributed by atoms with Gasteiger partial charge < -0.3 is 15.0 Å². The van der Waals surface area contributed by atoms with E-state index in [0.29, 0.717) is 12.1 Å². The van der Waals surface area contributed by atoms with Crippen molar-refractivity contribution in [3.8, 4) is 0 Å². The summed E-state index contributed by atoms with van der Waals surface area (Å²) in [6.07, 6.45) is 0. The number of hydrogen-bond acceptors (Lipinski definition) is 3. The molecule has 0 aromatic heterocycles. The molecule has 1 rings (SSSR count). The highest BCUT2D eigenvalue weighted by Crippen LogP contribution is 2.18. The van der Waals surface area contributed by atoms with Crippen LogP contribution in [-0.4, -0.2) is 32.3 Å². The minimum atomic E-state index is 0.398. The zero-order valence-electron chi connectivity index (χ0n) is 12.9. The van der Waals surface area contributed by atoms with Crippen LogP contribution in [0.2, 0.25) is 0 Å². The molecule has 1 aromatic rings. The number of methoxy groups -OCH3 is 1. The molecule has 0 amide bonds. The highest BCUT2D eigenvalue weighted by Gasteiger charge is 2.12. The van der Waals surface area contributed by atoms with Crippen molar-refractivity contribution in [3.05, 3.63) is 29.8 Å². The zero-order valence-corrected chi connectivity index (χ0v) is 12.9. The van der Waals surface area contributed by atoms with Gasteiger partial charge in [0.05, 0.1) is 6.61 Å². The largest absolute Gasteiger partial charge is 0.383 e. The van der Waals surface area contributed by atoms with Crippen molar-refractivity contribution in [1.82, 2.24) is 5.32 Å². The number of nitrogens with zero attached hydrogens (tertiary/aromatic N) is 1. The lowest BCUT2D eigenvalue weighted by Gasteiger charge is -2.29. The monoisotopic (exact) mass is 264 g/mol. The molecule has 0 fully saturated rings. The van der Waals surface area contributed by atoms with Gasteiger partial charge in [0.2, 0.25) is 0 Å². The lowest BCUT2D eigenvalue weighted by molar-refractivity contribution is 0.182. The Labute approximate surface area is 118 Å². The molecule has 0 aliphatic heterocycles. The molecule has 0 heterocycles. The van der Waals surface area contributed by atoms with Gasteiger partial charge in [-0.3, -0.25) is 0 Å². The number of likely N-dealkylation sites (N-methyl/N-ethyl adjacent to an activating group) is 1. The van der Waals surface area contributed by atoms with E-state index in [9.17, 15) is 0 Å². The second-order valence-corrected chi connectivity index (χ2v) is 5.29. The Kier molecular flexibility index (Phi) is 6.89. The van der Waals surface area contributed by atoms with E-state index in [4.69, 9.17) is 4.74 Å². The Hall–Kier alpha value is -1.06. The fourth-order valence-corrected chi connectivity index (χ4v) is 2.21. The van der Waals surface area contributed by atoms with E-state index in [1.807, 2.05) is 0 Å². The summed E-state index contributed by atoms with van der Waals surface area (Å²) in [5, 5.41) is 3.43. The average Bonchev–Trinajstić information content (AvgIpc) is 2.39. The van der Waals surface area contributed by atoms with Crippen LogP contribution in [-0.2, 0) is 11.3 Å². The number of ether oxygens (including phenoxy) is 1. The van der Waals surface area contributed by atoms with Gasteiger partial charge in [-0.15, -0.1) is 0 Å². The summed E-state index contributed by atoms with van der Waals surface area (Å²) in [6.45, 7) is 11.4. The highest BCUT2D eigenvalue weighted by molar-refractivity contribution is 5.48. The summed E-state index contributed by atoms with van der Waals surface area (Å²) in [7, 11) is 1.75. The van der Waals surface area contributed by atoms with Crippen LogP contribution in [0.5, 0.6) is 0 Å². The SMILES string of the molecule is CCN(c1ccc(CNC(C)C)cc1)C(C)COC. The molecule has 3 nitrogen and oxygen atoms in total.